The van der Waals surface area contributed by atoms with Crippen molar-refractivity contribution in [3.8, 4) is 5.75 Å². The average Bonchev–Trinajstić information content (AvgIpc) is 3.26. The molecular formula is C23H28N4O3S. The van der Waals surface area contributed by atoms with Crippen LogP contribution in [0.2, 0.25) is 0 Å². The number of methoxy groups -OCH3 is 2. The molecule has 31 heavy (non-hydrogen) atoms. The number of benzene rings is 2. The van der Waals surface area contributed by atoms with Gasteiger partial charge in [0.05, 0.1) is 13.7 Å². The highest BCUT2D eigenvalue weighted by Crippen LogP contribution is 2.21. The Morgan fingerprint density at radius 3 is 2.65 bits per heavy atom. The number of anilines is 1. The standard InChI is InChI=1S/C23H28N4O3S/c1-29-14-13-27(12-11-22(28)24-17-18-7-4-3-5-8-18)23-25-21(26-31-23)16-19-9-6-10-20(15-19)30-2/h3-10,15H,11-14,16-17H2,1-2H3,(H,24,28). The van der Waals surface area contributed by atoms with Gasteiger partial charge in [-0.2, -0.15) is 4.37 Å². The molecule has 0 aliphatic carbocycles. The van der Waals surface area contributed by atoms with Crippen molar-refractivity contribution in [3.05, 3.63) is 71.5 Å². The van der Waals surface area contributed by atoms with Gasteiger partial charge in [0.2, 0.25) is 11.0 Å². The van der Waals surface area contributed by atoms with E-state index < -0.39 is 0 Å². The van der Waals surface area contributed by atoms with Crippen LogP contribution in [0.5, 0.6) is 5.75 Å². The van der Waals surface area contributed by atoms with E-state index in [1.807, 2.05) is 54.6 Å². The molecule has 0 radical (unpaired) electrons. The highest BCUT2D eigenvalue weighted by atomic mass is 32.1. The molecule has 0 unspecified atom stereocenters. The number of carbonyl (C=O) groups excluding carboxylic acids is 1. The minimum absolute atomic E-state index is 0.00684. The van der Waals surface area contributed by atoms with Gasteiger partial charge >= 0.3 is 0 Å². The van der Waals surface area contributed by atoms with Crippen molar-refractivity contribution in [3.63, 3.8) is 0 Å². The van der Waals surface area contributed by atoms with Gasteiger partial charge in [0, 0.05) is 51.1 Å². The molecule has 0 fully saturated rings. The van der Waals surface area contributed by atoms with E-state index in [1.165, 1.54) is 11.5 Å². The Morgan fingerprint density at radius 1 is 1.06 bits per heavy atom. The van der Waals surface area contributed by atoms with Crippen molar-refractivity contribution in [2.45, 2.75) is 19.4 Å². The third kappa shape index (κ3) is 7.34. The number of hydrogen-bond acceptors (Lipinski definition) is 7. The maximum absolute atomic E-state index is 12.3. The van der Waals surface area contributed by atoms with Crippen molar-refractivity contribution in [1.82, 2.24) is 14.7 Å². The molecule has 0 aliphatic heterocycles. The molecule has 0 saturated heterocycles. The number of carbonyl (C=O) groups is 1. The Balaban J connectivity index is 1.56. The number of nitrogens with zero attached hydrogens (tertiary/aromatic N) is 3. The lowest BCUT2D eigenvalue weighted by atomic mass is 10.1. The molecule has 0 aliphatic rings. The van der Waals surface area contributed by atoms with Crippen LogP contribution < -0.4 is 15.0 Å². The van der Waals surface area contributed by atoms with Crippen molar-refractivity contribution >= 4 is 22.6 Å². The average molecular weight is 441 g/mol. The number of hydrogen-bond donors (Lipinski definition) is 1. The second-order valence-electron chi connectivity index (χ2n) is 7.01. The molecule has 2 aromatic carbocycles. The second kappa shape index (κ2) is 12.0. The van der Waals surface area contributed by atoms with E-state index in [-0.39, 0.29) is 5.91 Å². The molecule has 0 atom stereocenters. The highest BCUT2D eigenvalue weighted by Gasteiger charge is 2.15. The zero-order valence-corrected chi connectivity index (χ0v) is 18.7. The predicted octanol–water partition coefficient (Wildman–Crippen LogP) is 3.30. The monoisotopic (exact) mass is 440 g/mol. The fourth-order valence-electron chi connectivity index (χ4n) is 3.04. The van der Waals surface area contributed by atoms with Crippen LogP contribution in [-0.4, -0.2) is 49.2 Å². The van der Waals surface area contributed by atoms with Gasteiger partial charge < -0.3 is 19.7 Å². The van der Waals surface area contributed by atoms with Crippen LogP contribution >= 0.6 is 11.5 Å². The van der Waals surface area contributed by atoms with Gasteiger partial charge in [-0.25, -0.2) is 4.98 Å². The van der Waals surface area contributed by atoms with Gasteiger partial charge in [-0.15, -0.1) is 0 Å². The first-order chi connectivity index (χ1) is 15.2. The van der Waals surface area contributed by atoms with Crippen molar-refractivity contribution in [1.29, 1.82) is 0 Å². The molecule has 1 amide bonds. The van der Waals surface area contributed by atoms with Crippen molar-refractivity contribution < 1.29 is 14.3 Å². The first-order valence-corrected chi connectivity index (χ1v) is 11.0. The topological polar surface area (TPSA) is 76.6 Å². The van der Waals surface area contributed by atoms with Crippen LogP contribution in [0.15, 0.2) is 54.6 Å². The van der Waals surface area contributed by atoms with Gasteiger partial charge in [0.15, 0.2) is 0 Å². The Kier molecular flexibility index (Phi) is 8.81. The summed E-state index contributed by atoms with van der Waals surface area (Å²) in [6, 6.07) is 17.8. The van der Waals surface area contributed by atoms with Gasteiger partial charge in [-0.1, -0.05) is 42.5 Å². The first-order valence-electron chi connectivity index (χ1n) is 10.2. The van der Waals surface area contributed by atoms with Gasteiger partial charge in [0.1, 0.15) is 11.6 Å². The summed E-state index contributed by atoms with van der Waals surface area (Å²) >= 11 is 1.35. The minimum Gasteiger partial charge on any atom is -0.497 e. The molecule has 1 heterocycles. The van der Waals surface area contributed by atoms with Gasteiger partial charge in [-0.05, 0) is 23.3 Å². The molecular weight excluding hydrogens is 412 g/mol. The normalized spacial score (nSPS) is 10.6. The Morgan fingerprint density at radius 2 is 1.87 bits per heavy atom. The van der Waals surface area contributed by atoms with E-state index in [0.717, 1.165) is 27.8 Å². The number of ether oxygens (including phenoxy) is 2. The quantitative estimate of drug-likeness (QED) is 0.466. The molecule has 164 valence electrons. The van der Waals surface area contributed by atoms with Gasteiger partial charge in [0.25, 0.3) is 0 Å². The largest absolute Gasteiger partial charge is 0.497 e. The van der Waals surface area contributed by atoms with Gasteiger partial charge in [-0.3, -0.25) is 4.79 Å². The Labute approximate surface area is 187 Å². The summed E-state index contributed by atoms with van der Waals surface area (Å²) in [5, 5.41) is 3.77. The number of aromatic nitrogens is 2. The number of rotatable bonds is 12. The molecule has 3 rings (SSSR count). The van der Waals surface area contributed by atoms with E-state index >= 15 is 0 Å². The lowest BCUT2D eigenvalue weighted by Crippen LogP contribution is -2.32. The van der Waals surface area contributed by atoms with Crippen molar-refractivity contribution in [2.75, 3.05) is 38.8 Å². The summed E-state index contributed by atoms with van der Waals surface area (Å²) in [6.07, 6.45) is 1.00. The molecule has 7 nitrogen and oxygen atoms in total. The maximum atomic E-state index is 12.3. The van der Waals surface area contributed by atoms with Crippen LogP contribution in [-0.2, 0) is 22.5 Å². The van der Waals surface area contributed by atoms with Crippen LogP contribution in [0.25, 0.3) is 0 Å². The molecule has 1 aromatic heterocycles. The third-order valence-corrected chi connectivity index (χ3v) is 5.55. The number of amides is 1. The number of nitrogens with one attached hydrogen (secondary N) is 1. The fourth-order valence-corrected chi connectivity index (χ4v) is 3.77. The van der Waals surface area contributed by atoms with E-state index in [9.17, 15) is 4.79 Å². The Hall–Kier alpha value is -2.97. The van der Waals surface area contributed by atoms with E-state index in [0.29, 0.717) is 39.1 Å². The molecule has 1 N–H and O–H groups in total. The third-order valence-electron chi connectivity index (χ3n) is 4.73. The smallest absolute Gasteiger partial charge is 0.222 e. The Bertz CT molecular complexity index is 949. The zero-order chi connectivity index (χ0) is 21.9. The van der Waals surface area contributed by atoms with Crippen LogP contribution in [0.1, 0.15) is 23.4 Å². The van der Waals surface area contributed by atoms with E-state index in [2.05, 4.69) is 14.6 Å². The first kappa shape index (κ1) is 22.7. The highest BCUT2D eigenvalue weighted by molar-refractivity contribution is 7.09. The molecule has 0 spiro atoms. The lowest BCUT2D eigenvalue weighted by Gasteiger charge is -2.20. The van der Waals surface area contributed by atoms with Crippen LogP contribution in [0.3, 0.4) is 0 Å². The fraction of sp³-hybridized carbons (Fsp3) is 0.348. The molecule has 0 bridgehead atoms. The lowest BCUT2D eigenvalue weighted by molar-refractivity contribution is -0.121. The summed E-state index contributed by atoms with van der Waals surface area (Å²) in [6.45, 7) is 2.28. The van der Waals surface area contributed by atoms with E-state index in [4.69, 9.17) is 14.5 Å². The summed E-state index contributed by atoms with van der Waals surface area (Å²) in [4.78, 5) is 19.1. The summed E-state index contributed by atoms with van der Waals surface area (Å²) < 4.78 is 15.0. The second-order valence-corrected chi connectivity index (χ2v) is 7.74. The summed E-state index contributed by atoms with van der Waals surface area (Å²) in [5.41, 5.74) is 2.17. The summed E-state index contributed by atoms with van der Waals surface area (Å²) in [5.74, 6) is 1.58. The maximum Gasteiger partial charge on any atom is 0.222 e. The minimum atomic E-state index is 0.00684. The molecule has 0 saturated carbocycles. The van der Waals surface area contributed by atoms with E-state index in [1.54, 1.807) is 14.2 Å². The van der Waals surface area contributed by atoms with Crippen molar-refractivity contribution in [2.24, 2.45) is 0 Å². The van der Waals surface area contributed by atoms with Crippen LogP contribution in [0, 0.1) is 0 Å². The molecule has 3 aromatic rings. The zero-order valence-electron chi connectivity index (χ0n) is 17.9. The summed E-state index contributed by atoms with van der Waals surface area (Å²) in [7, 11) is 3.32. The predicted molar refractivity (Wildman–Crippen MR) is 123 cm³/mol. The van der Waals surface area contributed by atoms with Crippen LogP contribution in [0.4, 0.5) is 5.13 Å². The SMILES string of the molecule is COCCN(CCC(=O)NCc1ccccc1)c1nc(Cc2cccc(OC)c2)ns1. The molecule has 8 heteroatoms.